The van der Waals surface area contributed by atoms with Gasteiger partial charge in [-0.15, -0.1) is 21.5 Å². The van der Waals surface area contributed by atoms with Crippen LogP contribution in [0.1, 0.15) is 10.4 Å². The molecule has 2 heterocycles. The van der Waals surface area contributed by atoms with Crippen LogP contribution in [-0.4, -0.2) is 39.5 Å². The van der Waals surface area contributed by atoms with Crippen LogP contribution in [0.25, 0.3) is 22.5 Å². The molecule has 174 valence electrons. The van der Waals surface area contributed by atoms with Crippen molar-refractivity contribution in [2.75, 3.05) is 18.2 Å². The van der Waals surface area contributed by atoms with Gasteiger partial charge < -0.3 is 14.6 Å². The minimum Gasteiger partial charge on any atom is -0.465 e. The van der Waals surface area contributed by atoms with Crippen molar-refractivity contribution in [2.24, 2.45) is 7.05 Å². The van der Waals surface area contributed by atoms with Crippen LogP contribution in [0.4, 0.5) is 9.39 Å². The number of anilines is 1. The number of nitrogens with one attached hydrogen (secondary N) is 1. The number of esters is 1. The lowest BCUT2D eigenvalue weighted by molar-refractivity contribution is -0.113. The molecule has 0 unspecified atom stereocenters. The van der Waals surface area contributed by atoms with E-state index in [0.717, 1.165) is 5.56 Å². The third-order valence-electron chi connectivity index (χ3n) is 4.84. The minimum atomic E-state index is -0.594. The highest BCUT2D eigenvalue weighted by atomic mass is 35.5. The normalized spacial score (nSPS) is 10.8. The van der Waals surface area contributed by atoms with Gasteiger partial charge in [0.05, 0.1) is 12.9 Å². The molecule has 7 nitrogen and oxygen atoms in total. The Labute approximate surface area is 207 Å². The van der Waals surface area contributed by atoms with E-state index in [9.17, 15) is 14.0 Å². The number of carbonyl (C=O) groups excluding carboxylic acids is 2. The first-order valence-electron chi connectivity index (χ1n) is 9.91. The van der Waals surface area contributed by atoms with Gasteiger partial charge >= 0.3 is 5.97 Å². The number of amides is 1. The van der Waals surface area contributed by atoms with Gasteiger partial charge in [0.2, 0.25) is 5.91 Å². The van der Waals surface area contributed by atoms with E-state index in [1.807, 2.05) is 12.1 Å². The number of hydrogen-bond acceptors (Lipinski definition) is 7. The molecule has 0 atom stereocenters. The number of carbonyl (C=O) groups is 2. The molecular formula is C23H18ClFN4O3S2. The summed E-state index contributed by atoms with van der Waals surface area (Å²) >= 11 is 8.47. The molecule has 0 spiro atoms. The van der Waals surface area contributed by atoms with Crippen molar-refractivity contribution in [1.29, 1.82) is 0 Å². The average Bonchev–Trinajstić information content (AvgIpc) is 3.41. The maximum Gasteiger partial charge on any atom is 0.341 e. The number of thiophene rings is 1. The molecule has 4 rings (SSSR count). The zero-order valence-corrected chi connectivity index (χ0v) is 20.4. The van der Waals surface area contributed by atoms with E-state index in [-0.39, 0.29) is 23.0 Å². The third kappa shape index (κ3) is 5.14. The SMILES string of the molecule is COC(=O)c1c(-c2ccc(F)cc2)csc1NC(=O)CSc1nnc(-c2cccc(Cl)c2)n1C. The van der Waals surface area contributed by atoms with E-state index in [0.29, 0.717) is 32.1 Å². The average molecular weight is 517 g/mol. The second-order valence-corrected chi connectivity index (χ2v) is 9.32. The summed E-state index contributed by atoms with van der Waals surface area (Å²) < 4.78 is 20.0. The van der Waals surface area contributed by atoms with Gasteiger partial charge in [0, 0.05) is 28.6 Å². The predicted molar refractivity (Wildman–Crippen MR) is 132 cm³/mol. The van der Waals surface area contributed by atoms with Crippen LogP contribution in [0.3, 0.4) is 0 Å². The molecule has 4 aromatic rings. The first kappa shape index (κ1) is 23.9. The summed E-state index contributed by atoms with van der Waals surface area (Å²) in [5, 5.41) is 14.4. The van der Waals surface area contributed by atoms with Gasteiger partial charge in [-0.25, -0.2) is 9.18 Å². The molecule has 0 aliphatic carbocycles. The molecule has 0 radical (unpaired) electrons. The molecule has 0 aliphatic heterocycles. The van der Waals surface area contributed by atoms with Crippen molar-refractivity contribution in [3.63, 3.8) is 0 Å². The molecule has 1 amide bonds. The highest BCUT2D eigenvalue weighted by Gasteiger charge is 2.23. The van der Waals surface area contributed by atoms with Gasteiger partial charge in [0.1, 0.15) is 16.4 Å². The Balaban J connectivity index is 1.49. The Kier molecular flexibility index (Phi) is 7.30. The van der Waals surface area contributed by atoms with Crippen molar-refractivity contribution in [1.82, 2.24) is 14.8 Å². The number of hydrogen-bond donors (Lipinski definition) is 1. The van der Waals surface area contributed by atoms with Crippen molar-refractivity contribution in [3.8, 4) is 22.5 Å². The Bertz CT molecular complexity index is 1350. The fourth-order valence-corrected chi connectivity index (χ4v) is 5.08. The quantitative estimate of drug-likeness (QED) is 0.257. The molecule has 0 aliphatic rings. The van der Waals surface area contributed by atoms with E-state index in [2.05, 4.69) is 15.5 Å². The second-order valence-electron chi connectivity index (χ2n) is 7.06. The number of halogens is 2. The Morgan fingerprint density at radius 1 is 1.18 bits per heavy atom. The molecule has 0 bridgehead atoms. The second kappa shape index (κ2) is 10.4. The molecule has 0 saturated carbocycles. The zero-order chi connectivity index (χ0) is 24.2. The Morgan fingerprint density at radius 3 is 2.65 bits per heavy atom. The number of rotatable bonds is 7. The summed E-state index contributed by atoms with van der Waals surface area (Å²) in [5.41, 5.74) is 2.23. The summed E-state index contributed by atoms with van der Waals surface area (Å²) in [6.07, 6.45) is 0. The van der Waals surface area contributed by atoms with Gasteiger partial charge in [-0.05, 0) is 29.8 Å². The lowest BCUT2D eigenvalue weighted by Gasteiger charge is -2.08. The molecule has 0 saturated heterocycles. The maximum atomic E-state index is 13.3. The number of thioether (sulfide) groups is 1. The molecule has 2 aromatic heterocycles. The van der Waals surface area contributed by atoms with Crippen molar-refractivity contribution in [3.05, 3.63) is 70.3 Å². The van der Waals surface area contributed by atoms with Gasteiger partial charge in [0.25, 0.3) is 0 Å². The summed E-state index contributed by atoms with van der Waals surface area (Å²) in [6, 6.07) is 13.0. The zero-order valence-electron chi connectivity index (χ0n) is 18.0. The number of methoxy groups -OCH3 is 1. The van der Waals surface area contributed by atoms with E-state index in [1.54, 1.807) is 41.3 Å². The van der Waals surface area contributed by atoms with Crippen LogP contribution < -0.4 is 5.32 Å². The fourth-order valence-electron chi connectivity index (χ4n) is 3.21. The summed E-state index contributed by atoms with van der Waals surface area (Å²) in [4.78, 5) is 25.1. The van der Waals surface area contributed by atoms with E-state index >= 15 is 0 Å². The number of aromatic nitrogens is 3. The maximum absolute atomic E-state index is 13.3. The highest BCUT2D eigenvalue weighted by molar-refractivity contribution is 7.99. The minimum absolute atomic E-state index is 0.0475. The van der Waals surface area contributed by atoms with Crippen LogP contribution in [0.5, 0.6) is 0 Å². The van der Waals surface area contributed by atoms with Gasteiger partial charge in [-0.1, -0.05) is 47.6 Å². The molecule has 1 N–H and O–H groups in total. The Morgan fingerprint density at radius 2 is 1.94 bits per heavy atom. The largest absolute Gasteiger partial charge is 0.465 e. The summed E-state index contributed by atoms with van der Waals surface area (Å²) in [7, 11) is 3.07. The number of nitrogens with zero attached hydrogens (tertiary/aromatic N) is 3. The first-order valence-corrected chi connectivity index (χ1v) is 12.2. The summed E-state index contributed by atoms with van der Waals surface area (Å²) in [5.74, 6) is -0.628. The van der Waals surface area contributed by atoms with Crippen molar-refractivity contribution in [2.45, 2.75) is 5.16 Å². The monoisotopic (exact) mass is 516 g/mol. The Hall–Kier alpha value is -3.21. The smallest absolute Gasteiger partial charge is 0.341 e. The van der Waals surface area contributed by atoms with Crippen LogP contribution in [0, 0.1) is 5.82 Å². The van der Waals surface area contributed by atoms with Gasteiger partial charge in [0.15, 0.2) is 11.0 Å². The first-order chi connectivity index (χ1) is 16.4. The van der Waals surface area contributed by atoms with Gasteiger partial charge in [-0.3, -0.25) is 4.79 Å². The van der Waals surface area contributed by atoms with Crippen molar-refractivity contribution < 1.29 is 18.7 Å². The topological polar surface area (TPSA) is 86.1 Å². The molecular weight excluding hydrogens is 499 g/mol. The molecule has 2 aromatic carbocycles. The lowest BCUT2D eigenvalue weighted by Crippen LogP contribution is -2.16. The molecule has 34 heavy (non-hydrogen) atoms. The van der Waals surface area contributed by atoms with Crippen molar-refractivity contribution >= 4 is 51.6 Å². The van der Waals surface area contributed by atoms with Crippen LogP contribution >= 0.6 is 34.7 Å². The van der Waals surface area contributed by atoms with Crippen LogP contribution in [-0.2, 0) is 16.6 Å². The standard InChI is InChI=1S/C23H18ClFN4O3S2/c1-29-20(14-4-3-5-15(24)10-14)27-28-23(29)34-12-18(30)26-21-19(22(31)32-2)17(11-33-21)13-6-8-16(25)9-7-13/h3-11H,12H2,1-2H3,(H,26,30). The lowest BCUT2D eigenvalue weighted by atomic mass is 10.0. The van der Waals surface area contributed by atoms with E-state index in [4.69, 9.17) is 16.3 Å². The molecule has 11 heteroatoms. The number of ether oxygens (including phenoxy) is 1. The fraction of sp³-hybridized carbons (Fsp3) is 0.130. The van der Waals surface area contributed by atoms with Crippen LogP contribution in [0.15, 0.2) is 59.1 Å². The summed E-state index contributed by atoms with van der Waals surface area (Å²) in [6.45, 7) is 0. The van der Waals surface area contributed by atoms with E-state index < -0.39 is 5.97 Å². The molecule has 0 fully saturated rings. The highest BCUT2D eigenvalue weighted by Crippen LogP contribution is 2.36. The van der Waals surface area contributed by atoms with Gasteiger partial charge in [-0.2, -0.15) is 0 Å². The van der Waals surface area contributed by atoms with Crippen LogP contribution in [0.2, 0.25) is 5.02 Å². The van der Waals surface area contributed by atoms with E-state index in [1.165, 1.54) is 42.3 Å². The number of benzene rings is 2. The third-order valence-corrected chi connectivity index (χ3v) is 6.99. The predicted octanol–water partition coefficient (Wildman–Crippen LogP) is 5.52.